The first kappa shape index (κ1) is 16.3. The Labute approximate surface area is 142 Å². The van der Waals surface area contributed by atoms with E-state index in [4.69, 9.17) is 10.5 Å². The highest BCUT2D eigenvalue weighted by Gasteiger charge is 2.26. The van der Waals surface area contributed by atoms with Crippen molar-refractivity contribution in [1.29, 1.82) is 0 Å². The molecule has 1 amide bonds. The molecule has 0 bridgehead atoms. The summed E-state index contributed by atoms with van der Waals surface area (Å²) in [6, 6.07) is 17.5. The third-order valence-electron chi connectivity index (χ3n) is 4.27. The predicted molar refractivity (Wildman–Crippen MR) is 96.5 cm³/mol. The summed E-state index contributed by atoms with van der Waals surface area (Å²) >= 11 is 0. The minimum Gasteiger partial charge on any atom is -0.496 e. The van der Waals surface area contributed by atoms with Crippen LogP contribution in [0, 0.1) is 0 Å². The van der Waals surface area contributed by atoms with Crippen molar-refractivity contribution in [2.75, 3.05) is 20.2 Å². The molecule has 4 heteroatoms. The fourth-order valence-electron chi connectivity index (χ4n) is 2.97. The van der Waals surface area contributed by atoms with Gasteiger partial charge in [0.25, 0.3) is 5.91 Å². The number of nitrogens with zero attached hydrogens (tertiary/aromatic N) is 1. The average molecular weight is 322 g/mol. The molecule has 1 heterocycles. The number of benzene rings is 2. The SMILES string of the molecule is COc1ccccc1/C=C(/C(=O)N1CC[C@@H](N)C1)c1ccccc1. The van der Waals surface area contributed by atoms with Gasteiger partial charge in [-0.05, 0) is 24.1 Å². The fraction of sp³-hybridized carbons (Fsp3) is 0.250. The number of amides is 1. The molecule has 0 aliphatic carbocycles. The Kier molecular flexibility index (Phi) is 4.96. The van der Waals surface area contributed by atoms with E-state index < -0.39 is 0 Å². The van der Waals surface area contributed by atoms with Crippen LogP contribution in [0.25, 0.3) is 11.6 Å². The monoisotopic (exact) mass is 322 g/mol. The number of carbonyl (C=O) groups excluding carboxylic acids is 1. The maximum Gasteiger partial charge on any atom is 0.254 e. The lowest BCUT2D eigenvalue weighted by molar-refractivity contribution is -0.124. The van der Waals surface area contributed by atoms with E-state index in [-0.39, 0.29) is 11.9 Å². The van der Waals surface area contributed by atoms with Gasteiger partial charge < -0.3 is 15.4 Å². The number of nitrogens with two attached hydrogens (primary N) is 1. The van der Waals surface area contributed by atoms with Crippen LogP contribution in [0.5, 0.6) is 5.75 Å². The molecule has 1 atom stereocenters. The highest BCUT2D eigenvalue weighted by atomic mass is 16.5. The van der Waals surface area contributed by atoms with E-state index in [1.54, 1.807) is 7.11 Å². The Morgan fingerprint density at radius 3 is 2.54 bits per heavy atom. The number of carbonyl (C=O) groups is 1. The second-order valence-electron chi connectivity index (χ2n) is 5.97. The maximum absolute atomic E-state index is 13.1. The summed E-state index contributed by atoms with van der Waals surface area (Å²) in [6.45, 7) is 1.31. The van der Waals surface area contributed by atoms with Crippen LogP contribution in [0.2, 0.25) is 0 Å². The zero-order chi connectivity index (χ0) is 16.9. The zero-order valence-electron chi connectivity index (χ0n) is 13.8. The summed E-state index contributed by atoms with van der Waals surface area (Å²) in [4.78, 5) is 14.9. The Hall–Kier alpha value is -2.59. The number of likely N-dealkylation sites (tertiary alicyclic amines) is 1. The minimum absolute atomic E-state index is 0.0139. The molecule has 124 valence electrons. The second-order valence-corrected chi connectivity index (χ2v) is 5.97. The van der Waals surface area contributed by atoms with E-state index in [9.17, 15) is 4.79 Å². The van der Waals surface area contributed by atoms with Gasteiger partial charge in [0.2, 0.25) is 0 Å². The number of hydrogen-bond donors (Lipinski definition) is 1. The fourth-order valence-corrected chi connectivity index (χ4v) is 2.97. The molecule has 2 N–H and O–H groups in total. The van der Waals surface area contributed by atoms with Crippen LogP contribution in [0.1, 0.15) is 17.5 Å². The summed E-state index contributed by atoms with van der Waals surface area (Å²) < 4.78 is 5.41. The van der Waals surface area contributed by atoms with Gasteiger partial charge in [-0.1, -0.05) is 48.5 Å². The number of rotatable bonds is 4. The smallest absolute Gasteiger partial charge is 0.254 e. The highest BCUT2D eigenvalue weighted by Crippen LogP contribution is 2.27. The molecule has 3 rings (SSSR count). The summed E-state index contributed by atoms with van der Waals surface area (Å²) in [7, 11) is 1.64. The normalized spacial score (nSPS) is 17.8. The number of para-hydroxylation sites is 1. The first-order chi connectivity index (χ1) is 11.7. The maximum atomic E-state index is 13.1. The molecule has 1 saturated heterocycles. The van der Waals surface area contributed by atoms with Crippen LogP contribution >= 0.6 is 0 Å². The van der Waals surface area contributed by atoms with Gasteiger partial charge in [0.05, 0.1) is 7.11 Å². The van der Waals surface area contributed by atoms with Gasteiger partial charge in [-0.3, -0.25) is 4.79 Å². The van der Waals surface area contributed by atoms with Crippen molar-refractivity contribution in [3.05, 3.63) is 65.7 Å². The molecular weight excluding hydrogens is 300 g/mol. The van der Waals surface area contributed by atoms with Crippen LogP contribution < -0.4 is 10.5 Å². The first-order valence-corrected chi connectivity index (χ1v) is 8.14. The van der Waals surface area contributed by atoms with E-state index in [2.05, 4.69) is 0 Å². The van der Waals surface area contributed by atoms with Gasteiger partial charge >= 0.3 is 0 Å². The van der Waals surface area contributed by atoms with Gasteiger partial charge in [0.1, 0.15) is 5.75 Å². The summed E-state index contributed by atoms with van der Waals surface area (Å²) in [6.07, 6.45) is 2.75. The molecule has 1 fully saturated rings. The summed E-state index contributed by atoms with van der Waals surface area (Å²) in [5.74, 6) is 0.761. The number of methoxy groups -OCH3 is 1. The molecule has 1 aliphatic heterocycles. The Morgan fingerprint density at radius 1 is 1.17 bits per heavy atom. The molecular formula is C20H22N2O2. The Balaban J connectivity index is 2.02. The van der Waals surface area contributed by atoms with Crippen molar-refractivity contribution >= 4 is 17.6 Å². The lowest BCUT2D eigenvalue weighted by Gasteiger charge is -2.18. The Morgan fingerprint density at radius 2 is 1.88 bits per heavy atom. The lowest BCUT2D eigenvalue weighted by Crippen LogP contribution is -2.32. The molecule has 2 aromatic rings. The summed E-state index contributed by atoms with van der Waals surface area (Å²) in [5, 5.41) is 0. The molecule has 4 nitrogen and oxygen atoms in total. The van der Waals surface area contributed by atoms with Crippen molar-refractivity contribution < 1.29 is 9.53 Å². The quantitative estimate of drug-likeness (QED) is 0.695. The Bertz CT molecular complexity index is 740. The van der Waals surface area contributed by atoms with Crippen molar-refractivity contribution in [2.45, 2.75) is 12.5 Å². The van der Waals surface area contributed by atoms with Crippen LogP contribution in [0.4, 0.5) is 0 Å². The lowest BCUT2D eigenvalue weighted by atomic mass is 10.0. The molecule has 0 unspecified atom stereocenters. The molecule has 2 aromatic carbocycles. The number of ether oxygens (including phenoxy) is 1. The van der Waals surface area contributed by atoms with Crippen LogP contribution in [0.15, 0.2) is 54.6 Å². The van der Waals surface area contributed by atoms with E-state index >= 15 is 0 Å². The minimum atomic E-state index is 0.0139. The molecule has 0 spiro atoms. The number of hydrogen-bond acceptors (Lipinski definition) is 3. The zero-order valence-corrected chi connectivity index (χ0v) is 13.8. The van der Waals surface area contributed by atoms with E-state index in [0.717, 1.165) is 23.3 Å². The third kappa shape index (κ3) is 3.49. The van der Waals surface area contributed by atoms with Crippen LogP contribution in [-0.2, 0) is 4.79 Å². The largest absolute Gasteiger partial charge is 0.496 e. The standard InChI is InChI=1S/C20H22N2O2/c1-24-19-10-6-5-9-16(19)13-18(15-7-3-2-4-8-15)20(23)22-12-11-17(21)14-22/h2-10,13,17H,11-12,14,21H2,1H3/b18-13+/t17-/m1/s1. The van der Waals surface area contributed by atoms with Gasteiger partial charge in [0, 0.05) is 30.3 Å². The van der Waals surface area contributed by atoms with Crippen molar-refractivity contribution in [3.63, 3.8) is 0 Å². The average Bonchev–Trinajstić information content (AvgIpc) is 3.06. The third-order valence-corrected chi connectivity index (χ3v) is 4.27. The first-order valence-electron chi connectivity index (χ1n) is 8.14. The van der Waals surface area contributed by atoms with Gasteiger partial charge in [-0.25, -0.2) is 0 Å². The van der Waals surface area contributed by atoms with E-state index in [1.165, 1.54) is 0 Å². The molecule has 1 aliphatic rings. The predicted octanol–water partition coefficient (Wildman–Crippen LogP) is 2.80. The van der Waals surface area contributed by atoms with Gasteiger partial charge in [-0.2, -0.15) is 0 Å². The molecule has 0 saturated carbocycles. The topological polar surface area (TPSA) is 55.6 Å². The van der Waals surface area contributed by atoms with Crippen molar-refractivity contribution in [2.24, 2.45) is 5.73 Å². The van der Waals surface area contributed by atoms with E-state index in [0.29, 0.717) is 18.7 Å². The van der Waals surface area contributed by atoms with Gasteiger partial charge in [0.15, 0.2) is 0 Å². The summed E-state index contributed by atoms with van der Waals surface area (Å²) in [5.41, 5.74) is 8.41. The van der Waals surface area contributed by atoms with Crippen molar-refractivity contribution in [1.82, 2.24) is 4.90 Å². The molecule has 24 heavy (non-hydrogen) atoms. The highest BCUT2D eigenvalue weighted by molar-refractivity contribution is 6.24. The second kappa shape index (κ2) is 7.32. The molecule has 0 aromatic heterocycles. The van der Waals surface area contributed by atoms with E-state index in [1.807, 2.05) is 65.6 Å². The van der Waals surface area contributed by atoms with Gasteiger partial charge in [-0.15, -0.1) is 0 Å². The van der Waals surface area contributed by atoms with Crippen molar-refractivity contribution in [3.8, 4) is 5.75 Å². The van der Waals surface area contributed by atoms with Crippen LogP contribution in [-0.4, -0.2) is 37.0 Å². The van der Waals surface area contributed by atoms with Crippen LogP contribution in [0.3, 0.4) is 0 Å². The molecule has 0 radical (unpaired) electrons.